The quantitative estimate of drug-likeness (QED) is 0.509. The zero-order valence-electron chi connectivity index (χ0n) is 8.10. The molecule has 0 bridgehead atoms. The van der Waals surface area contributed by atoms with Gasteiger partial charge in [0.25, 0.3) is 0 Å². The van der Waals surface area contributed by atoms with E-state index in [9.17, 15) is 14.6 Å². The number of aromatic nitrogens is 1. The van der Waals surface area contributed by atoms with Crippen molar-refractivity contribution in [1.29, 1.82) is 0 Å². The van der Waals surface area contributed by atoms with Gasteiger partial charge in [-0.3, -0.25) is 0 Å². The normalized spacial score (nSPS) is 14.9. The number of hydrogen-bond acceptors (Lipinski definition) is 5. The number of nitrogens with zero attached hydrogens (tertiary/aromatic N) is 1. The van der Waals surface area contributed by atoms with Crippen molar-refractivity contribution in [2.45, 2.75) is 18.6 Å². The van der Waals surface area contributed by atoms with Crippen LogP contribution in [0.4, 0.5) is 10.1 Å². The van der Waals surface area contributed by atoms with E-state index in [0.29, 0.717) is 0 Å². The number of halogens is 1. The first kappa shape index (κ1) is 11.8. The molecule has 0 saturated carbocycles. The van der Waals surface area contributed by atoms with E-state index in [4.69, 9.17) is 11.5 Å². The average molecular weight is 215 g/mol. The summed E-state index contributed by atoms with van der Waals surface area (Å²) < 4.78 is 12.7. The predicted molar refractivity (Wildman–Crippen MR) is 53.2 cm³/mol. The smallest absolute Gasteiger partial charge is 0.236 e. The van der Waals surface area contributed by atoms with Gasteiger partial charge in [-0.1, -0.05) is 0 Å². The van der Waals surface area contributed by atoms with E-state index in [0.717, 1.165) is 6.20 Å². The Kier molecular flexibility index (Phi) is 3.96. The van der Waals surface area contributed by atoms with Crippen molar-refractivity contribution in [1.82, 2.24) is 4.98 Å². The van der Waals surface area contributed by atoms with Crippen LogP contribution in [0.1, 0.15) is 18.1 Å². The Morgan fingerprint density at radius 2 is 2.13 bits per heavy atom. The molecule has 84 valence electrons. The van der Waals surface area contributed by atoms with Gasteiger partial charge in [0, 0.05) is 11.8 Å². The zero-order valence-corrected chi connectivity index (χ0v) is 8.10. The molecular formula is C9H14FN3O2. The van der Waals surface area contributed by atoms with Crippen molar-refractivity contribution >= 4 is 5.69 Å². The van der Waals surface area contributed by atoms with E-state index >= 15 is 0 Å². The van der Waals surface area contributed by atoms with Gasteiger partial charge in [-0.2, -0.15) is 4.39 Å². The molecule has 0 amide bonds. The van der Waals surface area contributed by atoms with Crippen LogP contribution in [0.15, 0.2) is 12.3 Å². The van der Waals surface area contributed by atoms with Crippen LogP contribution in [-0.4, -0.2) is 27.8 Å². The fourth-order valence-corrected chi connectivity index (χ4v) is 1.19. The average Bonchev–Trinajstić information content (AvgIpc) is 2.21. The highest BCUT2D eigenvalue weighted by Crippen LogP contribution is 2.20. The van der Waals surface area contributed by atoms with Crippen molar-refractivity contribution in [3.63, 3.8) is 0 Å². The van der Waals surface area contributed by atoms with E-state index in [1.807, 2.05) is 0 Å². The monoisotopic (exact) mass is 215 g/mol. The van der Waals surface area contributed by atoms with Crippen molar-refractivity contribution in [3.8, 4) is 0 Å². The highest BCUT2D eigenvalue weighted by atomic mass is 19.1. The molecule has 15 heavy (non-hydrogen) atoms. The molecule has 1 heterocycles. The topological polar surface area (TPSA) is 105 Å². The second kappa shape index (κ2) is 5.01. The van der Waals surface area contributed by atoms with Crippen LogP contribution in [0, 0.1) is 5.95 Å². The number of anilines is 1. The summed E-state index contributed by atoms with van der Waals surface area (Å²) in [5, 5.41) is 19.1. The lowest BCUT2D eigenvalue weighted by atomic mass is 10.0. The Bertz CT molecular complexity index is 335. The van der Waals surface area contributed by atoms with Gasteiger partial charge in [-0.15, -0.1) is 0 Å². The summed E-state index contributed by atoms with van der Waals surface area (Å²) in [6.45, 7) is 0.252. The van der Waals surface area contributed by atoms with Crippen molar-refractivity contribution < 1.29 is 14.6 Å². The van der Waals surface area contributed by atoms with E-state index in [1.54, 1.807) is 0 Å². The van der Waals surface area contributed by atoms with E-state index in [2.05, 4.69) is 4.98 Å². The van der Waals surface area contributed by atoms with Crippen molar-refractivity contribution in [2.75, 3.05) is 12.3 Å². The largest absolute Gasteiger partial charge is 0.395 e. The fourth-order valence-electron chi connectivity index (χ4n) is 1.19. The first-order valence-corrected chi connectivity index (χ1v) is 4.53. The van der Waals surface area contributed by atoms with Crippen LogP contribution in [-0.2, 0) is 0 Å². The van der Waals surface area contributed by atoms with E-state index in [-0.39, 0.29) is 24.2 Å². The van der Waals surface area contributed by atoms with Crippen LogP contribution in [0.3, 0.4) is 0 Å². The summed E-state index contributed by atoms with van der Waals surface area (Å²) >= 11 is 0. The Balaban J connectivity index is 2.81. The summed E-state index contributed by atoms with van der Waals surface area (Å²) in [5.74, 6) is -0.792. The molecule has 5 nitrogen and oxygen atoms in total. The van der Waals surface area contributed by atoms with Crippen LogP contribution >= 0.6 is 0 Å². The Morgan fingerprint density at radius 1 is 1.47 bits per heavy atom. The number of rotatable bonds is 4. The summed E-state index contributed by atoms with van der Waals surface area (Å²) in [6, 6.07) is 1.24. The molecule has 1 aromatic rings. The Labute approximate surface area is 86.5 Å². The molecule has 1 rings (SSSR count). The summed E-state index contributed by atoms with van der Waals surface area (Å²) in [7, 11) is 0. The maximum absolute atomic E-state index is 12.7. The minimum Gasteiger partial charge on any atom is -0.395 e. The van der Waals surface area contributed by atoms with Crippen molar-refractivity contribution in [3.05, 3.63) is 23.8 Å². The number of aliphatic hydroxyl groups is 2. The molecule has 2 atom stereocenters. The van der Waals surface area contributed by atoms with Gasteiger partial charge in [0.1, 0.15) is 6.10 Å². The maximum atomic E-state index is 12.7. The maximum Gasteiger partial charge on any atom is 0.236 e. The third kappa shape index (κ3) is 2.85. The lowest BCUT2D eigenvalue weighted by Gasteiger charge is -2.17. The highest BCUT2D eigenvalue weighted by molar-refractivity contribution is 5.39. The molecule has 0 saturated heterocycles. The number of pyridine rings is 1. The summed E-state index contributed by atoms with van der Waals surface area (Å²) in [6.07, 6.45) is -0.764. The van der Waals surface area contributed by atoms with Crippen molar-refractivity contribution in [2.24, 2.45) is 5.73 Å². The molecular weight excluding hydrogens is 201 g/mol. The Hall–Kier alpha value is -1.24. The van der Waals surface area contributed by atoms with Gasteiger partial charge in [0.15, 0.2) is 0 Å². The van der Waals surface area contributed by atoms with Crippen LogP contribution < -0.4 is 11.5 Å². The summed E-state index contributed by atoms with van der Waals surface area (Å²) in [5.41, 5.74) is 10.6. The molecule has 0 fully saturated rings. The van der Waals surface area contributed by atoms with E-state index < -0.39 is 18.2 Å². The van der Waals surface area contributed by atoms with Crippen LogP contribution in [0.2, 0.25) is 0 Å². The molecule has 6 N–H and O–H groups in total. The second-order valence-electron chi connectivity index (χ2n) is 3.24. The molecule has 0 radical (unpaired) electrons. The lowest BCUT2D eigenvalue weighted by molar-refractivity contribution is 0.0148. The molecule has 2 unspecified atom stereocenters. The first-order valence-electron chi connectivity index (χ1n) is 4.53. The van der Waals surface area contributed by atoms with Gasteiger partial charge >= 0.3 is 0 Å². The number of nitrogens with two attached hydrogens (primary N) is 2. The first-order chi connectivity index (χ1) is 7.06. The molecule has 0 aromatic carbocycles. The molecule has 1 aromatic heterocycles. The Morgan fingerprint density at radius 3 is 2.67 bits per heavy atom. The van der Waals surface area contributed by atoms with Gasteiger partial charge in [-0.25, -0.2) is 4.98 Å². The van der Waals surface area contributed by atoms with Gasteiger partial charge in [0.2, 0.25) is 5.95 Å². The SMILES string of the molecule is NCCC(O)C(O)c1cnc(F)c(N)c1. The number of hydrogen-bond donors (Lipinski definition) is 4. The number of nitrogen functional groups attached to an aromatic ring is 1. The summed E-state index contributed by atoms with van der Waals surface area (Å²) in [4.78, 5) is 3.35. The van der Waals surface area contributed by atoms with E-state index in [1.165, 1.54) is 6.07 Å². The van der Waals surface area contributed by atoms with Crippen LogP contribution in [0.25, 0.3) is 0 Å². The molecule has 0 aliphatic rings. The molecule has 0 aliphatic carbocycles. The third-order valence-corrected chi connectivity index (χ3v) is 2.06. The fraction of sp³-hybridized carbons (Fsp3) is 0.444. The number of aliphatic hydroxyl groups excluding tert-OH is 2. The molecule has 0 aliphatic heterocycles. The molecule has 0 spiro atoms. The lowest BCUT2D eigenvalue weighted by Crippen LogP contribution is -2.22. The van der Waals surface area contributed by atoms with Gasteiger partial charge in [-0.05, 0) is 19.0 Å². The standard InChI is InChI=1S/C9H14FN3O2/c10-9-6(12)3-5(4-13-9)8(15)7(14)1-2-11/h3-4,7-8,14-15H,1-2,11-12H2. The predicted octanol–water partition coefficient (Wildman–Crippen LogP) is -0.454. The zero-order chi connectivity index (χ0) is 11.4. The highest BCUT2D eigenvalue weighted by Gasteiger charge is 2.18. The molecule has 6 heteroatoms. The minimum atomic E-state index is -1.15. The van der Waals surface area contributed by atoms with Gasteiger partial charge in [0.05, 0.1) is 11.8 Å². The van der Waals surface area contributed by atoms with Crippen LogP contribution in [0.5, 0.6) is 0 Å². The minimum absolute atomic E-state index is 0.161. The van der Waals surface area contributed by atoms with Gasteiger partial charge < -0.3 is 21.7 Å². The second-order valence-corrected chi connectivity index (χ2v) is 3.24. The third-order valence-electron chi connectivity index (χ3n) is 2.06.